The van der Waals surface area contributed by atoms with E-state index < -0.39 is 48.6 Å². The molecule has 0 radical (unpaired) electrons. The summed E-state index contributed by atoms with van der Waals surface area (Å²) in [7, 11) is 0. The van der Waals surface area contributed by atoms with Gasteiger partial charge < -0.3 is 24.8 Å². The van der Waals surface area contributed by atoms with Gasteiger partial charge in [0.15, 0.2) is 6.10 Å². The molecule has 1 aliphatic rings. The average Bonchev–Trinajstić information content (AvgIpc) is 2.79. The molecule has 0 spiro atoms. The number of esters is 2. The normalized spacial score (nSPS) is 21.4. The number of carboxylic acid groups (broad SMARTS) is 1. The summed E-state index contributed by atoms with van der Waals surface area (Å²) in [6.07, 6.45) is -1.15. The lowest BCUT2D eigenvalue weighted by molar-refractivity contribution is -0.156. The van der Waals surface area contributed by atoms with Gasteiger partial charge in [-0.15, -0.1) is 0 Å². The molecular weight excluding hydrogens is 324 g/mol. The number of rotatable bonds is 11. The van der Waals surface area contributed by atoms with Crippen LogP contribution in [0.5, 0.6) is 0 Å². The fourth-order valence-electron chi connectivity index (χ4n) is 2.20. The molecule has 9 heteroatoms. The van der Waals surface area contributed by atoms with Gasteiger partial charge in [-0.25, -0.2) is 4.79 Å². The van der Waals surface area contributed by atoms with Gasteiger partial charge in [0, 0.05) is 12.8 Å². The molecule has 9 nitrogen and oxygen atoms in total. The highest BCUT2D eigenvalue weighted by molar-refractivity contribution is 6.09. The van der Waals surface area contributed by atoms with Crippen molar-refractivity contribution in [2.75, 3.05) is 6.61 Å². The number of unbranched alkanes of at least 4 members (excludes halogenated alkanes) is 4. The highest BCUT2D eigenvalue weighted by Gasteiger charge is 2.46. The standard InChI is InChI=1S/C15H22O9/c16-9(14-12(20)13(21)15(22)24-14)8-23-11(19)7-5-3-1-2-4-6-10(17)18/h9,13-14,16,21H,1-8H2,(H,17,18)/t9-,13?,14+/m0/s1. The van der Waals surface area contributed by atoms with Crippen LogP contribution in [0.1, 0.15) is 44.9 Å². The Morgan fingerprint density at radius 2 is 1.67 bits per heavy atom. The molecule has 1 rings (SSSR count). The summed E-state index contributed by atoms with van der Waals surface area (Å²) < 4.78 is 9.31. The lowest BCUT2D eigenvalue weighted by Gasteiger charge is -2.15. The van der Waals surface area contributed by atoms with E-state index in [0.29, 0.717) is 12.8 Å². The number of ketones is 1. The summed E-state index contributed by atoms with van der Waals surface area (Å²) in [5, 5.41) is 27.3. The molecule has 136 valence electrons. The van der Waals surface area contributed by atoms with Crippen LogP contribution in [0.3, 0.4) is 0 Å². The number of cyclic esters (lactones) is 1. The Bertz CT molecular complexity index is 474. The van der Waals surface area contributed by atoms with Crippen LogP contribution in [0, 0.1) is 0 Å². The van der Waals surface area contributed by atoms with Gasteiger partial charge in [-0.2, -0.15) is 0 Å². The Labute approximate surface area is 138 Å². The topological polar surface area (TPSA) is 147 Å². The summed E-state index contributed by atoms with van der Waals surface area (Å²) in [4.78, 5) is 44.2. The number of ether oxygens (including phenoxy) is 2. The molecule has 24 heavy (non-hydrogen) atoms. The molecule has 1 heterocycles. The molecule has 1 aliphatic heterocycles. The number of aliphatic hydroxyl groups is 2. The Balaban J connectivity index is 2.10. The Morgan fingerprint density at radius 1 is 1.08 bits per heavy atom. The minimum absolute atomic E-state index is 0.132. The van der Waals surface area contributed by atoms with Crippen molar-refractivity contribution < 1.29 is 44.0 Å². The van der Waals surface area contributed by atoms with Crippen molar-refractivity contribution in [3.63, 3.8) is 0 Å². The van der Waals surface area contributed by atoms with Crippen molar-refractivity contribution in [2.45, 2.75) is 63.3 Å². The molecule has 3 atom stereocenters. The number of aliphatic hydroxyl groups excluding tert-OH is 2. The molecule has 0 amide bonds. The number of hydrogen-bond donors (Lipinski definition) is 3. The lowest BCUT2D eigenvalue weighted by atomic mass is 10.1. The first kappa shape index (κ1) is 20.0. The van der Waals surface area contributed by atoms with E-state index in [0.717, 1.165) is 19.3 Å². The van der Waals surface area contributed by atoms with Crippen LogP contribution in [0.25, 0.3) is 0 Å². The Kier molecular flexibility index (Phi) is 8.34. The molecule has 3 N–H and O–H groups in total. The second kappa shape index (κ2) is 9.99. The van der Waals surface area contributed by atoms with E-state index in [2.05, 4.69) is 4.74 Å². The minimum Gasteiger partial charge on any atom is -0.481 e. The van der Waals surface area contributed by atoms with E-state index in [9.17, 15) is 24.3 Å². The van der Waals surface area contributed by atoms with Crippen molar-refractivity contribution in [3.8, 4) is 0 Å². The van der Waals surface area contributed by atoms with Crippen molar-refractivity contribution in [1.82, 2.24) is 0 Å². The number of carbonyl (C=O) groups is 4. The second-order valence-corrected chi connectivity index (χ2v) is 5.57. The predicted octanol–water partition coefficient (Wildman–Crippen LogP) is -0.439. The number of carboxylic acids is 1. The SMILES string of the molecule is O=C(O)CCCCCCCC(=O)OC[C@H](O)[C@H]1OC(=O)C(O)C1=O. The van der Waals surface area contributed by atoms with Gasteiger partial charge >= 0.3 is 17.9 Å². The molecule has 0 aromatic rings. The van der Waals surface area contributed by atoms with Crippen molar-refractivity contribution in [1.29, 1.82) is 0 Å². The third kappa shape index (κ3) is 6.63. The molecule has 0 aliphatic carbocycles. The first-order chi connectivity index (χ1) is 11.3. The summed E-state index contributed by atoms with van der Waals surface area (Å²) in [6, 6.07) is 0. The van der Waals surface area contributed by atoms with Gasteiger partial charge in [0.25, 0.3) is 0 Å². The van der Waals surface area contributed by atoms with Crippen LogP contribution in [-0.4, -0.2) is 63.9 Å². The molecule has 0 aromatic carbocycles. The van der Waals surface area contributed by atoms with E-state index in [1.165, 1.54) is 0 Å². The van der Waals surface area contributed by atoms with Crippen LogP contribution in [0.15, 0.2) is 0 Å². The summed E-state index contributed by atoms with van der Waals surface area (Å²) in [5.74, 6) is -3.46. The zero-order chi connectivity index (χ0) is 18.1. The maximum atomic E-state index is 11.5. The fraction of sp³-hybridized carbons (Fsp3) is 0.733. The van der Waals surface area contributed by atoms with E-state index in [1.54, 1.807) is 0 Å². The van der Waals surface area contributed by atoms with Gasteiger partial charge in [0.2, 0.25) is 11.9 Å². The molecule has 0 aromatic heterocycles. The molecule has 0 saturated carbocycles. The van der Waals surface area contributed by atoms with E-state index in [-0.39, 0.29) is 12.8 Å². The number of hydrogen-bond acceptors (Lipinski definition) is 8. The maximum Gasteiger partial charge on any atom is 0.343 e. The highest BCUT2D eigenvalue weighted by Crippen LogP contribution is 2.15. The van der Waals surface area contributed by atoms with Gasteiger partial charge in [-0.05, 0) is 12.8 Å². The second-order valence-electron chi connectivity index (χ2n) is 5.57. The predicted molar refractivity (Wildman–Crippen MR) is 77.8 cm³/mol. The Hall–Kier alpha value is -2.00. The Morgan fingerprint density at radius 3 is 2.21 bits per heavy atom. The minimum atomic E-state index is -1.90. The molecule has 1 fully saturated rings. The van der Waals surface area contributed by atoms with Crippen molar-refractivity contribution in [2.24, 2.45) is 0 Å². The summed E-state index contributed by atoms with van der Waals surface area (Å²) in [6.45, 7) is -0.506. The summed E-state index contributed by atoms with van der Waals surface area (Å²) >= 11 is 0. The first-order valence-corrected chi connectivity index (χ1v) is 7.80. The fourth-order valence-corrected chi connectivity index (χ4v) is 2.20. The van der Waals surface area contributed by atoms with Crippen molar-refractivity contribution in [3.05, 3.63) is 0 Å². The van der Waals surface area contributed by atoms with Crippen LogP contribution in [0.4, 0.5) is 0 Å². The van der Waals surface area contributed by atoms with Crippen LogP contribution < -0.4 is 0 Å². The van der Waals surface area contributed by atoms with E-state index in [4.69, 9.17) is 14.9 Å². The van der Waals surface area contributed by atoms with Gasteiger partial charge in [0.05, 0.1) is 0 Å². The third-order valence-corrected chi connectivity index (χ3v) is 3.55. The molecule has 0 bridgehead atoms. The quantitative estimate of drug-likeness (QED) is 0.257. The number of Topliss-reactive ketones (excluding diaryl/α,β-unsaturated/α-hetero) is 1. The summed E-state index contributed by atoms with van der Waals surface area (Å²) in [5.41, 5.74) is 0. The lowest BCUT2D eigenvalue weighted by Crippen LogP contribution is -2.38. The van der Waals surface area contributed by atoms with Crippen molar-refractivity contribution >= 4 is 23.7 Å². The maximum absolute atomic E-state index is 11.5. The zero-order valence-electron chi connectivity index (χ0n) is 13.2. The molecular formula is C15H22O9. The third-order valence-electron chi connectivity index (χ3n) is 3.55. The van der Waals surface area contributed by atoms with E-state index >= 15 is 0 Å². The molecule has 1 unspecified atom stereocenters. The van der Waals surface area contributed by atoms with Crippen LogP contribution in [-0.2, 0) is 28.7 Å². The van der Waals surface area contributed by atoms with Crippen LogP contribution in [0.2, 0.25) is 0 Å². The smallest absolute Gasteiger partial charge is 0.343 e. The van der Waals surface area contributed by atoms with Gasteiger partial charge in [0.1, 0.15) is 12.7 Å². The van der Waals surface area contributed by atoms with Gasteiger partial charge in [-0.1, -0.05) is 19.3 Å². The zero-order valence-corrected chi connectivity index (χ0v) is 13.2. The number of aliphatic carboxylic acids is 1. The van der Waals surface area contributed by atoms with Gasteiger partial charge in [-0.3, -0.25) is 14.4 Å². The van der Waals surface area contributed by atoms with Crippen LogP contribution >= 0.6 is 0 Å². The number of carbonyl (C=O) groups excluding carboxylic acids is 3. The highest BCUT2D eigenvalue weighted by atomic mass is 16.6. The monoisotopic (exact) mass is 346 g/mol. The average molecular weight is 346 g/mol. The largest absolute Gasteiger partial charge is 0.481 e. The first-order valence-electron chi connectivity index (χ1n) is 7.80. The van der Waals surface area contributed by atoms with E-state index in [1.807, 2.05) is 0 Å². The molecule has 1 saturated heterocycles.